The summed E-state index contributed by atoms with van der Waals surface area (Å²) in [4.78, 5) is 34.7. The van der Waals surface area contributed by atoms with Gasteiger partial charge in [-0.05, 0) is 44.0 Å². The van der Waals surface area contributed by atoms with Crippen molar-refractivity contribution in [1.82, 2.24) is 0 Å². The molecule has 0 heterocycles. The molecule has 6 heteroatoms. The summed E-state index contributed by atoms with van der Waals surface area (Å²) in [5, 5.41) is 14.7. The van der Waals surface area contributed by atoms with E-state index in [-0.39, 0.29) is 11.8 Å². The Morgan fingerprint density at radius 2 is 1.61 bits per heavy atom. The molecule has 1 aliphatic carbocycles. The lowest BCUT2D eigenvalue weighted by Crippen LogP contribution is -2.35. The summed E-state index contributed by atoms with van der Waals surface area (Å²) in [5.41, 5.74) is 2.24. The topological polar surface area (TPSA) is 95.5 Å². The fourth-order valence-electron chi connectivity index (χ4n) is 2.69. The number of aliphatic carboxylic acids is 1. The molecule has 0 fully saturated rings. The van der Waals surface area contributed by atoms with Gasteiger partial charge in [-0.2, -0.15) is 0 Å². The second-order valence-corrected chi connectivity index (χ2v) is 5.79. The summed E-state index contributed by atoms with van der Waals surface area (Å²) in [6, 6.07) is 6.70. The zero-order valence-corrected chi connectivity index (χ0v) is 13.1. The molecule has 0 aromatic heterocycles. The maximum absolute atomic E-state index is 12.4. The predicted octanol–water partition coefficient (Wildman–Crippen LogP) is 2.64. The minimum atomic E-state index is -0.949. The molecule has 1 aromatic carbocycles. The molecule has 1 aliphatic rings. The van der Waals surface area contributed by atoms with Crippen molar-refractivity contribution in [2.24, 2.45) is 11.8 Å². The number of carbonyl (C=O) groups excluding carboxylic acids is 2. The molecule has 122 valence electrons. The number of carboxylic acids is 1. The number of rotatable bonds is 4. The molecule has 0 bridgehead atoms. The molecule has 0 saturated carbocycles. The highest BCUT2D eigenvalue weighted by Crippen LogP contribution is 2.31. The van der Waals surface area contributed by atoms with Gasteiger partial charge >= 0.3 is 5.97 Å². The third-order valence-corrected chi connectivity index (χ3v) is 3.87. The highest BCUT2D eigenvalue weighted by Gasteiger charge is 2.35. The molecule has 0 unspecified atom stereocenters. The van der Waals surface area contributed by atoms with Crippen LogP contribution in [0.3, 0.4) is 0 Å². The largest absolute Gasteiger partial charge is 0.481 e. The van der Waals surface area contributed by atoms with Crippen LogP contribution in [0.5, 0.6) is 0 Å². The predicted molar refractivity (Wildman–Crippen MR) is 87.0 cm³/mol. The van der Waals surface area contributed by atoms with Crippen LogP contribution >= 0.6 is 0 Å². The van der Waals surface area contributed by atoms with E-state index in [1.807, 2.05) is 13.0 Å². The molecule has 1 aromatic rings. The van der Waals surface area contributed by atoms with Crippen molar-refractivity contribution in [2.75, 3.05) is 10.6 Å². The van der Waals surface area contributed by atoms with Gasteiger partial charge in [0.25, 0.3) is 0 Å². The summed E-state index contributed by atoms with van der Waals surface area (Å²) in [6.45, 7) is 3.32. The molecule has 2 atom stereocenters. The summed E-state index contributed by atoms with van der Waals surface area (Å²) >= 11 is 0. The molecule has 23 heavy (non-hydrogen) atoms. The highest BCUT2D eigenvalue weighted by molar-refractivity contribution is 5.96. The fourth-order valence-corrected chi connectivity index (χ4v) is 2.69. The summed E-state index contributed by atoms with van der Waals surface area (Å²) in [5.74, 6) is -2.69. The van der Waals surface area contributed by atoms with E-state index >= 15 is 0 Å². The number of nitrogens with one attached hydrogen (secondary N) is 2. The van der Waals surface area contributed by atoms with Gasteiger partial charge in [0, 0.05) is 18.3 Å². The van der Waals surface area contributed by atoms with Crippen LogP contribution < -0.4 is 10.6 Å². The lowest BCUT2D eigenvalue weighted by Gasteiger charge is -2.26. The van der Waals surface area contributed by atoms with Crippen LogP contribution in [0.2, 0.25) is 0 Å². The zero-order chi connectivity index (χ0) is 17.0. The average molecular weight is 316 g/mol. The first-order valence-electron chi connectivity index (χ1n) is 7.44. The molecular formula is C17H20N2O4. The molecule has 0 aliphatic heterocycles. The van der Waals surface area contributed by atoms with Crippen molar-refractivity contribution in [1.29, 1.82) is 0 Å². The molecule has 6 nitrogen and oxygen atoms in total. The van der Waals surface area contributed by atoms with Crippen molar-refractivity contribution >= 4 is 29.2 Å². The van der Waals surface area contributed by atoms with E-state index < -0.39 is 17.8 Å². The van der Waals surface area contributed by atoms with E-state index in [0.29, 0.717) is 24.2 Å². The van der Waals surface area contributed by atoms with Crippen molar-refractivity contribution in [3.05, 3.63) is 35.9 Å². The standard InChI is InChI=1S/C17H20N2O4/c1-10-3-8-14(17(22)23)15(9-10)16(21)19-13-6-4-12(5-7-13)18-11(2)20/h3-7,14-15H,8-9H2,1-2H3,(H,18,20)(H,19,21)(H,22,23)/t14-,15-/m0/s1. The van der Waals surface area contributed by atoms with E-state index in [9.17, 15) is 19.5 Å². The van der Waals surface area contributed by atoms with Gasteiger partial charge in [0.15, 0.2) is 0 Å². The van der Waals surface area contributed by atoms with Crippen LogP contribution in [0.15, 0.2) is 35.9 Å². The Morgan fingerprint density at radius 3 is 2.13 bits per heavy atom. The Kier molecular flexibility index (Phi) is 5.16. The quantitative estimate of drug-likeness (QED) is 0.744. The van der Waals surface area contributed by atoms with Crippen molar-refractivity contribution < 1.29 is 19.5 Å². The minimum absolute atomic E-state index is 0.171. The van der Waals surface area contributed by atoms with Crippen LogP contribution in [0.4, 0.5) is 11.4 Å². The Labute approximate surface area is 134 Å². The first-order valence-corrected chi connectivity index (χ1v) is 7.44. The van der Waals surface area contributed by atoms with Gasteiger partial charge in [-0.15, -0.1) is 0 Å². The molecule has 2 rings (SSSR count). The Balaban J connectivity index is 2.06. The number of amides is 2. The average Bonchev–Trinajstić information content (AvgIpc) is 2.48. The van der Waals surface area contributed by atoms with Crippen LogP contribution in [0, 0.1) is 11.8 Å². The lowest BCUT2D eigenvalue weighted by molar-refractivity contribution is -0.146. The van der Waals surface area contributed by atoms with Gasteiger partial charge in [-0.25, -0.2) is 0 Å². The number of allylic oxidation sites excluding steroid dienone is 2. The number of carbonyl (C=O) groups is 3. The monoisotopic (exact) mass is 316 g/mol. The number of benzene rings is 1. The molecule has 3 N–H and O–H groups in total. The SMILES string of the molecule is CC(=O)Nc1ccc(NC(=O)[C@H]2CC(C)=CC[C@@H]2C(=O)O)cc1. The van der Waals surface area contributed by atoms with Gasteiger partial charge < -0.3 is 15.7 Å². The first kappa shape index (κ1) is 16.7. The maximum Gasteiger partial charge on any atom is 0.307 e. The van der Waals surface area contributed by atoms with E-state index in [0.717, 1.165) is 5.57 Å². The van der Waals surface area contributed by atoms with Crippen molar-refractivity contribution in [2.45, 2.75) is 26.7 Å². The van der Waals surface area contributed by atoms with Gasteiger partial charge in [0.1, 0.15) is 0 Å². The molecule has 0 radical (unpaired) electrons. The third-order valence-electron chi connectivity index (χ3n) is 3.87. The Hall–Kier alpha value is -2.63. The number of hydrogen-bond donors (Lipinski definition) is 3. The van der Waals surface area contributed by atoms with Gasteiger partial charge in [0.05, 0.1) is 11.8 Å². The van der Waals surface area contributed by atoms with Gasteiger partial charge in [-0.1, -0.05) is 11.6 Å². The van der Waals surface area contributed by atoms with E-state index in [2.05, 4.69) is 10.6 Å². The van der Waals surface area contributed by atoms with Gasteiger partial charge in [-0.3, -0.25) is 14.4 Å². The molecule has 0 saturated heterocycles. The molecule has 2 amide bonds. The Bertz CT molecular complexity index is 649. The van der Waals surface area contributed by atoms with E-state index in [4.69, 9.17) is 0 Å². The normalized spacial score (nSPS) is 20.3. The second kappa shape index (κ2) is 7.09. The van der Waals surface area contributed by atoms with E-state index in [1.165, 1.54) is 6.92 Å². The van der Waals surface area contributed by atoms with Crippen molar-refractivity contribution in [3.8, 4) is 0 Å². The second-order valence-electron chi connectivity index (χ2n) is 5.79. The van der Waals surface area contributed by atoms with Crippen LogP contribution in [-0.4, -0.2) is 22.9 Å². The summed E-state index contributed by atoms with van der Waals surface area (Å²) in [6.07, 6.45) is 2.71. The Morgan fingerprint density at radius 1 is 1.04 bits per heavy atom. The zero-order valence-electron chi connectivity index (χ0n) is 13.1. The summed E-state index contributed by atoms with van der Waals surface area (Å²) < 4.78 is 0. The van der Waals surface area contributed by atoms with Crippen LogP contribution in [0.1, 0.15) is 26.7 Å². The van der Waals surface area contributed by atoms with Crippen LogP contribution in [-0.2, 0) is 14.4 Å². The molecular weight excluding hydrogens is 296 g/mol. The smallest absolute Gasteiger partial charge is 0.307 e. The summed E-state index contributed by atoms with van der Waals surface area (Å²) in [7, 11) is 0. The lowest BCUT2D eigenvalue weighted by atomic mass is 9.79. The van der Waals surface area contributed by atoms with E-state index in [1.54, 1.807) is 24.3 Å². The number of carboxylic acid groups (broad SMARTS) is 1. The van der Waals surface area contributed by atoms with Crippen LogP contribution in [0.25, 0.3) is 0 Å². The maximum atomic E-state index is 12.4. The van der Waals surface area contributed by atoms with Gasteiger partial charge in [0.2, 0.25) is 11.8 Å². The third kappa shape index (κ3) is 4.42. The minimum Gasteiger partial charge on any atom is -0.481 e. The van der Waals surface area contributed by atoms with Crippen molar-refractivity contribution in [3.63, 3.8) is 0 Å². The number of hydrogen-bond acceptors (Lipinski definition) is 3. The highest BCUT2D eigenvalue weighted by atomic mass is 16.4. The molecule has 0 spiro atoms. The fraction of sp³-hybridized carbons (Fsp3) is 0.353. The first-order chi connectivity index (χ1) is 10.9. The number of anilines is 2.